The molecule has 0 spiro atoms. The molecular formula is C44H43CoN7O8. The third kappa shape index (κ3) is 10.5. The second kappa shape index (κ2) is 20.1. The van der Waals surface area contributed by atoms with E-state index in [9.17, 15) is 35.1 Å². The summed E-state index contributed by atoms with van der Waals surface area (Å²) in [4.78, 5) is 31.7. The van der Waals surface area contributed by atoms with Crippen molar-refractivity contribution in [2.45, 2.75) is 60.0 Å². The number of carbonyl (C=O) groups is 2. The van der Waals surface area contributed by atoms with Gasteiger partial charge >= 0.3 is 11.9 Å². The van der Waals surface area contributed by atoms with Crippen LogP contribution in [0.4, 0.5) is 11.4 Å². The van der Waals surface area contributed by atoms with Gasteiger partial charge in [-0.2, -0.15) is 10.2 Å². The second-order valence-corrected chi connectivity index (χ2v) is 14.1. The minimum Gasteiger partial charge on any atom is -0.493 e. The molecule has 0 unspecified atom stereocenters. The maximum atomic E-state index is 11.5. The van der Waals surface area contributed by atoms with E-state index in [1.165, 1.54) is 21.8 Å². The Morgan fingerprint density at radius 1 is 0.717 bits per heavy atom. The van der Waals surface area contributed by atoms with Crippen molar-refractivity contribution in [1.29, 1.82) is 5.26 Å². The summed E-state index contributed by atoms with van der Waals surface area (Å²) in [5, 5.41) is 67.2. The number of hydrogen-bond donors (Lipinski definition) is 5. The van der Waals surface area contributed by atoms with Crippen LogP contribution < -0.4 is 4.74 Å². The summed E-state index contributed by atoms with van der Waals surface area (Å²) in [7, 11) is 0. The number of rotatable bonds is 12. The maximum absolute atomic E-state index is 11.5. The number of aryl methyl sites for hydroxylation is 2. The van der Waals surface area contributed by atoms with Crippen molar-refractivity contribution in [3.05, 3.63) is 135 Å². The van der Waals surface area contributed by atoms with Gasteiger partial charge in [-0.25, -0.2) is 19.0 Å². The Morgan fingerprint density at radius 3 is 1.47 bits per heavy atom. The van der Waals surface area contributed by atoms with Crippen LogP contribution >= 0.6 is 0 Å². The fourth-order valence-electron chi connectivity index (χ4n) is 5.92. The summed E-state index contributed by atoms with van der Waals surface area (Å²) in [6.07, 6.45) is 4.48. The molecule has 0 saturated carbocycles. The van der Waals surface area contributed by atoms with E-state index < -0.39 is 11.9 Å². The molecule has 1 radical (unpaired) electrons. The van der Waals surface area contributed by atoms with Crippen LogP contribution in [0.3, 0.4) is 0 Å². The summed E-state index contributed by atoms with van der Waals surface area (Å²) in [6, 6.07) is 23.5. The molecule has 311 valence electrons. The first-order chi connectivity index (χ1) is 28.1. The van der Waals surface area contributed by atoms with Gasteiger partial charge in [-0.3, -0.25) is 9.98 Å². The number of benzene rings is 4. The number of aliphatic hydroxyl groups is 1. The van der Waals surface area contributed by atoms with Gasteiger partial charge in [-0.1, -0.05) is 63.1 Å². The molecule has 0 atom stereocenters. The molecule has 6 aromatic rings. The number of aliphatic imine (C=N–C) groups is 2. The van der Waals surface area contributed by atoms with Gasteiger partial charge in [0.2, 0.25) is 11.8 Å². The van der Waals surface area contributed by atoms with Crippen LogP contribution in [-0.4, -0.2) is 69.5 Å². The molecule has 2 heterocycles. The van der Waals surface area contributed by atoms with Crippen molar-refractivity contribution in [2.24, 2.45) is 9.98 Å². The Balaban J connectivity index is 0.000000260. The first kappa shape index (κ1) is 45.6. The number of aromatic carboxylic acids is 2. The number of ether oxygens (including phenoxy) is 1. The van der Waals surface area contributed by atoms with Crippen LogP contribution in [-0.2, 0) is 23.4 Å². The number of carboxylic acid groups (broad SMARTS) is 2. The van der Waals surface area contributed by atoms with E-state index in [1.54, 1.807) is 98.1 Å². The molecule has 0 aliphatic heterocycles. The van der Waals surface area contributed by atoms with Gasteiger partial charge in [-0.05, 0) is 91.9 Å². The van der Waals surface area contributed by atoms with Crippen LogP contribution in [0.15, 0.2) is 94.9 Å². The maximum Gasteiger partial charge on any atom is 0.337 e. The van der Waals surface area contributed by atoms with Crippen molar-refractivity contribution in [2.75, 3.05) is 0 Å². The normalized spacial score (nSPS) is 11.1. The van der Waals surface area contributed by atoms with Gasteiger partial charge in [0.15, 0.2) is 0 Å². The molecule has 4 aromatic carbocycles. The van der Waals surface area contributed by atoms with Gasteiger partial charge in [0.1, 0.15) is 5.75 Å². The molecule has 0 bridgehead atoms. The van der Waals surface area contributed by atoms with E-state index in [1.807, 2.05) is 34.6 Å². The van der Waals surface area contributed by atoms with E-state index in [0.717, 1.165) is 16.7 Å². The van der Waals surface area contributed by atoms with E-state index in [4.69, 9.17) is 10.00 Å². The average molecular weight is 857 g/mol. The molecule has 0 aliphatic rings. The van der Waals surface area contributed by atoms with E-state index in [0.29, 0.717) is 45.3 Å². The molecular weight excluding hydrogens is 813 g/mol. The molecule has 0 fully saturated rings. The quantitative estimate of drug-likeness (QED) is 0.0581. The molecule has 5 N–H and O–H groups in total. The Labute approximate surface area is 356 Å². The van der Waals surface area contributed by atoms with Crippen LogP contribution in [0.2, 0.25) is 0 Å². The monoisotopic (exact) mass is 856 g/mol. The zero-order chi connectivity index (χ0) is 43.0. The Bertz CT molecular complexity index is 2590. The fraction of sp³-hybridized carbons (Fsp3) is 0.205. The summed E-state index contributed by atoms with van der Waals surface area (Å²) < 4.78 is 7.53. The zero-order valence-corrected chi connectivity index (χ0v) is 34.6. The van der Waals surface area contributed by atoms with Gasteiger partial charge in [-0.15, -0.1) is 5.26 Å². The number of nitrogens with zero attached hydrogens (tertiary/aromatic N) is 7. The molecule has 15 nitrogen and oxygen atoms in total. The van der Waals surface area contributed by atoms with E-state index in [-0.39, 0.29) is 63.8 Å². The van der Waals surface area contributed by atoms with Gasteiger partial charge < -0.3 is 30.3 Å². The third-order valence-corrected chi connectivity index (χ3v) is 8.98. The predicted molar refractivity (Wildman–Crippen MR) is 222 cm³/mol. The molecule has 2 aromatic heterocycles. The number of nitriles is 1. The van der Waals surface area contributed by atoms with Crippen molar-refractivity contribution >= 4 is 35.7 Å². The predicted octanol–water partition coefficient (Wildman–Crippen LogP) is 8.27. The van der Waals surface area contributed by atoms with Gasteiger partial charge in [0.05, 0.1) is 63.0 Å². The van der Waals surface area contributed by atoms with Crippen LogP contribution in [0.1, 0.15) is 99.5 Å². The van der Waals surface area contributed by atoms with Gasteiger partial charge in [0, 0.05) is 29.2 Å². The number of hydrogen-bond acceptors (Lipinski definition) is 11. The number of aliphatic hydroxyl groups excluding tert-OH is 1. The first-order valence-corrected chi connectivity index (χ1v) is 18.4. The van der Waals surface area contributed by atoms with Crippen molar-refractivity contribution in [1.82, 2.24) is 19.6 Å². The molecule has 0 amide bonds. The molecule has 16 heteroatoms. The van der Waals surface area contributed by atoms with Gasteiger partial charge in [0.25, 0.3) is 6.26 Å². The van der Waals surface area contributed by atoms with Crippen LogP contribution in [0.25, 0.3) is 11.4 Å². The topological polar surface area (TPSA) is 229 Å². The number of aromatic nitrogens is 4. The minimum absolute atomic E-state index is 0. The Morgan fingerprint density at radius 2 is 1.12 bits per heavy atom. The smallest absolute Gasteiger partial charge is 0.337 e. The molecule has 0 aliphatic carbocycles. The van der Waals surface area contributed by atoms with Crippen molar-refractivity contribution in [3.8, 4) is 35.1 Å². The Kier molecular flexibility index (Phi) is 15.3. The van der Waals surface area contributed by atoms with E-state index in [2.05, 4.69) is 20.2 Å². The average Bonchev–Trinajstić information content (AvgIpc) is 3.73. The number of carboxylic acids is 2. The molecule has 0 saturated heterocycles. The zero-order valence-electron chi connectivity index (χ0n) is 33.5. The summed E-state index contributed by atoms with van der Waals surface area (Å²) >= 11 is 0. The standard InChI is InChI=1S/C22H20N4O4.C22H23N3O4.Co/c1-13(2)20-18(11-24-19-9-4-14(3)10-17(19)22(28)29)21(27)26(25-20)15-5-7-16(8-6-15)30-12-23;1-13(2)20-18(11-23-19-9-4-14(3)10-17(19)22(28)29)21(27)25(24-20)16-7-5-15(12-26)6-8-16;/h4-11,13,27H,1-3H3,(H,28,29);4-11,13,26-27H,12H2,1-3H3,(H,28,29);. The molecule has 6 rings (SSSR count). The van der Waals surface area contributed by atoms with Crippen molar-refractivity contribution in [3.63, 3.8) is 0 Å². The summed E-state index contributed by atoms with van der Waals surface area (Å²) in [5.74, 6) is -1.98. The second-order valence-electron chi connectivity index (χ2n) is 14.1. The number of aromatic hydroxyl groups is 2. The third-order valence-electron chi connectivity index (χ3n) is 8.98. The first-order valence-electron chi connectivity index (χ1n) is 18.4. The fourth-order valence-corrected chi connectivity index (χ4v) is 5.92. The summed E-state index contributed by atoms with van der Waals surface area (Å²) in [6.45, 7) is 11.3. The molecule has 60 heavy (non-hydrogen) atoms. The summed E-state index contributed by atoms with van der Waals surface area (Å²) in [5.41, 5.74) is 6.46. The largest absolute Gasteiger partial charge is 0.493 e. The van der Waals surface area contributed by atoms with Crippen LogP contribution in [0, 0.1) is 25.4 Å². The van der Waals surface area contributed by atoms with E-state index >= 15 is 0 Å². The minimum atomic E-state index is -1.07. The van der Waals surface area contributed by atoms with Crippen LogP contribution in [0.5, 0.6) is 17.5 Å². The van der Waals surface area contributed by atoms with Crippen molar-refractivity contribution < 1.29 is 56.6 Å². The Hall–Kier alpha value is -7.06. The SMILES string of the molecule is Cc1ccc(N=Cc2c(C(C)C)nn(-c3ccc(CO)cc3)c2O)c(C(=O)O)c1.Cc1ccc(N=Cc2c(C(C)C)nn(-c3ccc(OC#N)cc3)c2O)c(C(=O)O)c1.[Co].